The summed E-state index contributed by atoms with van der Waals surface area (Å²) < 4.78 is 0. The van der Waals surface area contributed by atoms with E-state index in [4.69, 9.17) is 5.73 Å². The fourth-order valence-electron chi connectivity index (χ4n) is 2.82. The van der Waals surface area contributed by atoms with Crippen LogP contribution in [0.4, 0.5) is 0 Å². The molecule has 0 amide bonds. The first-order chi connectivity index (χ1) is 9.67. The number of hydrogen-bond donors (Lipinski definition) is 1. The van der Waals surface area contributed by atoms with Gasteiger partial charge in [-0.2, -0.15) is 0 Å². The van der Waals surface area contributed by atoms with Crippen LogP contribution < -0.4 is 5.73 Å². The summed E-state index contributed by atoms with van der Waals surface area (Å²) in [4.78, 5) is 9.12. The molecule has 0 saturated carbocycles. The van der Waals surface area contributed by atoms with E-state index in [1.165, 1.54) is 11.1 Å². The molecule has 1 atom stereocenters. The molecule has 1 aromatic carbocycles. The van der Waals surface area contributed by atoms with Gasteiger partial charge in [-0.3, -0.25) is 4.99 Å². The molecule has 20 heavy (non-hydrogen) atoms. The van der Waals surface area contributed by atoms with E-state index < -0.39 is 0 Å². The van der Waals surface area contributed by atoms with Gasteiger partial charge in [-0.25, -0.2) is 0 Å². The van der Waals surface area contributed by atoms with Gasteiger partial charge in [0.2, 0.25) is 0 Å². The van der Waals surface area contributed by atoms with Crippen LogP contribution in [0.5, 0.6) is 0 Å². The Morgan fingerprint density at radius 1 is 1.30 bits per heavy atom. The number of likely N-dealkylation sites (N-methyl/N-ethyl adjacent to an activating group) is 1. The molecule has 0 spiro atoms. The summed E-state index contributed by atoms with van der Waals surface area (Å²) >= 11 is 0. The van der Waals surface area contributed by atoms with Gasteiger partial charge < -0.3 is 15.5 Å². The van der Waals surface area contributed by atoms with Crippen molar-refractivity contribution in [3.8, 4) is 0 Å². The fourth-order valence-corrected chi connectivity index (χ4v) is 2.82. The van der Waals surface area contributed by atoms with Crippen LogP contribution in [0.3, 0.4) is 0 Å². The summed E-state index contributed by atoms with van der Waals surface area (Å²) in [5.41, 5.74) is 8.74. The van der Waals surface area contributed by atoms with Crippen molar-refractivity contribution in [3.63, 3.8) is 0 Å². The van der Waals surface area contributed by atoms with Crippen molar-refractivity contribution in [2.24, 2.45) is 10.7 Å². The number of nitrogens with zero attached hydrogens (tertiary/aromatic N) is 3. The maximum Gasteiger partial charge on any atom is 0.191 e. The SMILES string of the molecule is CCN(CC)CCN1C(N)=NCC1c1ccccc1C. The summed E-state index contributed by atoms with van der Waals surface area (Å²) in [6, 6.07) is 8.83. The zero-order valence-corrected chi connectivity index (χ0v) is 12.8. The molecular formula is C16H26N4. The lowest BCUT2D eigenvalue weighted by molar-refractivity contribution is 0.248. The van der Waals surface area contributed by atoms with Gasteiger partial charge in [0.1, 0.15) is 0 Å². The molecule has 0 saturated heterocycles. The Hall–Kier alpha value is -1.55. The maximum absolute atomic E-state index is 6.08. The van der Waals surface area contributed by atoms with Crippen molar-refractivity contribution in [3.05, 3.63) is 35.4 Å². The highest BCUT2D eigenvalue weighted by Crippen LogP contribution is 2.27. The third-order valence-electron chi connectivity index (χ3n) is 4.20. The van der Waals surface area contributed by atoms with Gasteiger partial charge in [0.05, 0.1) is 12.6 Å². The minimum absolute atomic E-state index is 0.298. The van der Waals surface area contributed by atoms with E-state index in [0.29, 0.717) is 12.0 Å². The van der Waals surface area contributed by atoms with Crippen LogP contribution in [-0.2, 0) is 0 Å². The third-order valence-corrected chi connectivity index (χ3v) is 4.20. The molecule has 1 aromatic rings. The average Bonchev–Trinajstić information content (AvgIpc) is 2.82. The van der Waals surface area contributed by atoms with Gasteiger partial charge in [-0.05, 0) is 31.1 Å². The van der Waals surface area contributed by atoms with Gasteiger partial charge in [0.15, 0.2) is 5.96 Å². The average molecular weight is 274 g/mol. The van der Waals surface area contributed by atoms with Crippen molar-refractivity contribution in [1.29, 1.82) is 0 Å². The lowest BCUT2D eigenvalue weighted by Crippen LogP contribution is -2.41. The third kappa shape index (κ3) is 3.12. The van der Waals surface area contributed by atoms with Crippen LogP contribution in [0, 0.1) is 6.92 Å². The second kappa shape index (κ2) is 6.75. The highest BCUT2D eigenvalue weighted by Gasteiger charge is 2.28. The monoisotopic (exact) mass is 274 g/mol. The van der Waals surface area contributed by atoms with Crippen molar-refractivity contribution in [2.45, 2.75) is 26.8 Å². The zero-order chi connectivity index (χ0) is 14.5. The van der Waals surface area contributed by atoms with Gasteiger partial charge in [-0.15, -0.1) is 0 Å². The van der Waals surface area contributed by atoms with Gasteiger partial charge in [-0.1, -0.05) is 38.1 Å². The minimum Gasteiger partial charge on any atom is -0.370 e. The van der Waals surface area contributed by atoms with E-state index >= 15 is 0 Å². The number of guanidine groups is 1. The molecular weight excluding hydrogens is 248 g/mol. The summed E-state index contributed by atoms with van der Waals surface area (Å²) in [5.74, 6) is 0.686. The predicted molar refractivity (Wildman–Crippen MR) is 84.9 cm³/mol. The summed E-state index contributed by atoms with van der Waals surface area (Å²) in [7, 11) is 0. The molecule has 1 aliphatic rings. The Bertz CT molecular complexity index is 465. The fraction of sp³-hybridized carbons (Fsp3) is 0.562. The predicted octanol–water partition coefficient (Wildman–Crippen LogP) is 2.01. The number of aryl methyl sites for hydroxylation is 1. The van der Waals surface area contributed by atoms with Crippen LogP contribution in [-0.4, -0.2) is 48.5 Å². The van der Waals surface area contributed by atoms with E-state index in [1.807, 2.05) is 0 Å². The number of nitrogens with two attached hydrogens (primary N) is 1. The van der Waals surface area contributed by atoms with Gasteiger partial charge >= 0.3 is 0 Å². The molecule has 0 aromatic heterocycles. The second-order valence-corrected chi connectivity index (χ2v) is 5.29. The molecule has 1 aliphatic heterocycles. The number of hydrogen-bond acceptors (Lipinski definition) is 4. The largest absolute Gasteiger partial charge is 0.370 e. The number of benzene rings is 1. The molecule has 0 bridgehead atoms. The lowest BCUT2D eigenvalue weighted by Gasteiger charge is -2.30. The molecule has 0 aliphatic carbocycles. The van der Waals surface area contributed by atoms with Crippen LogP contribution >= 0.6 is 0 Å². The van der Waals surface area contributed by atoms with Crippen LogP contribution in [0.2, 0.25) is 0 Å². The Balaban J connectivity index is 2.09. The second-order valence-electron chi connectivity index (χ2n) is 5.29. The molecule has 0 radical (unpaired) electrons. The Labute approximate surface area is 122 Å². The quantitative estimate of drug-likeness (QED) is 0.863. The Morgan fingerprint density at radius 3 is 2.65 bits per heavy atom. The normalized spacial score (nSPS) is 18.7. The molecule has 1 heterocycles. The highest BCUT2D eigenvalue weighted by molar-refractivity contribution is 5.80. The first-order valence-electron chi connectivity index (χ1n) is 7.51. The van der Waals surface area contributed by atoms with E-state index in [1.54, 1.807) is 0 Å². The van der Waals surface area contributed by atoms with Crippen LogP contribution in [0.1, 0.15) is 31.0 Å². The highest BCUT2D eigenvalue weighted by atomic mass is 15.3. The van der Waals surface area contributed by atoms with Crippen LogP contribution in [0.25, 0.3) is 0 Å². The maximum atomic E-state index is 6.08. The van der Waals surface area contributed by atoms with Gasteiger partial charge in [0.25, 0.3) is 0 Å². The molecule has 4 heteroatoms. The summed E-state index contributed by atoms with van der Waals surface area (Å²) in [6.45, 7) is 11.5. The smallest absolute Gasteiger partial charge is 0.191 e. The van der Waals surface area contributed by atoms with E-state index in [-0.39, 0.29) is 0 Å². The first kappa shape index (κ1) is 14.9. The Morgan fingerprint density at radius 2 is 2.00 bits per heavy atom. The molecule has 2 rings (SSSR count). The van der Waals surface area contributed by atoms with E-state index in [9.17, 15) is 0 Å². The van der Waals surface area contributed by atoms with Gasteiger partial charge in [0, 0.05) is 13.1 Å². The van der Waals surface area contributed by atoms with Crippen molar-refractivity contribution in [2.75, 3.05) is 32.7 Å². The van der Waals surface area contributed by atoms with E-state index in [2.05, 4.69) is 59.8 Å². The summed E-state index contributed by atoms with van der Waals surface area (Å²) in [5, 5.41) is 0. The first-order valence-corrected chi connectivity index (χ1v) is 7.51. The minimum atomic E-state index is 0.298. The standard InChI is InChI=1S/C16H26N4/c1-4-19(5-2)10-11-20-15(12-18-16(20)17)14-9-7-6-8-13(14)3/h6-9,15H,4-5,10-12H2,1-3H3,(H2,17,18). The lowest BCUT2D eigenvalue weighted by atomic mass is 10.0. The topological polar surface area (TPSA) is 44.9 Å². The molecule has 4 nitrogen and oxygen atoms in total. The molecule has 1 unspecified atom stereocenters. The van der Waals surface area contributed by atoms with Crippen molar-refractivity contribution >= 4 is 5.96 Å². The van der Waals surface area contributed by atoms with E-state index in [0.717, 1.165) is 32.7 Å². The van der Waals surface area contributed by atoms with Crippen LogP contribution in [0.15, 0.2) is 29.3 Å². The molecule has 2 N–H and O–H groups in total. The van der Waals surface area contributed by atoms with Crippen molar-refractivity contribution < 1.29 is 0 Å². The van der Waals surface area contributed by atoms with Crippen molar-refractivity contribution in [1.82, 2.24) is 9.80 Å². The molecule has 110 valence electrons. The zero-order valence-electron chi connectivity index (χ0n) is 12.8. The number of aliphatic imine (C=N–C) groups is 1. The molecule has 0 fully saturated rings. The summed E-state index contributed by atoms with van der Waals surface area (Å²) in [6.07, 6.45) is 0. The number of rotatable bonds is 6. The Kier molecular flexibility index (Phi) is 5.01.